The lowest BCUT2D eigenvalue weighted by atomic mass is 10.0. The number of carbonyl (C=O) groups excluding carboxylic acids is 2. The van der Waals surface area contributed by atoms with E-state index in [4.69, 9.17) is 9.47 Å². The molecule has 3 aliphatic heterocycles. The monoisotopic (exact) mass is 453 g/mol. The molecule has 2 amide bonds. The molecule has 0 saturated carbocycles. The van der Waals surface area contributed by atoms with Gasteiger partial charge in [-0.05, 0) is 54.8 Å². The molecule has 0 atom stereocenters. The zero-order chi connectivity index (χ0) is 23.1. The number of rotatable bonds is 5. The van der Waals surface area contributed by atoms with Crippen molar-refractivity contribution in [3.63, 3.8) is 0 Å². The second kappa shape index (κ2) is 8.26. The molecule has 0 aromatic heterocycles. The van der Waals surface area contributed by atoms with E-state index in [2.05, 4.69) is 10.2 Å². The third kappa shape index (κ3) is 3.46. The van der Waals surface area contributed by atoms with Crippen LogP contribution in [0, 0.1) is 0 Å². The summed E-state index contributed by atoms with van der Waals surface area (Å²) >= 11 is 0. The van der Waals surface area contributed by atoms with Crippen molar-refractivity contribution in [2.75, 3.05) is 35.0 Å². The standard InChI is InChI=1S/C27H23N3O4/c31-26-24(18-6-2-1-3-7-18)25(28-19-8-13-22-23(16-19)34-17-33-22)27(32)30(26)21-11-9-20(10-12-21)29-14-4-5-15-29/h1-3,6-13,16,28H,4-5,14-15,17H2. The predicted octanol–water partition coefficient (Wildman–Crippen LogP) is 4.41. The molecule has 3 aromatic carbocycles. The van der Waals surface area contributed by atoms with E-state index in [9.17, 15) is 9.59 Å². The molecule has 0 unspecified atom stereocenters. The van der Waals surface area contributed by atoms with Gasteiger partial charge in [-0.15, -0.1) is 0 Å². The molecule has 0 spiro atoms. The molecular weight excluding hydrogens is 430 g/mol. The average Bonchev–Trinajstić information content (AvgIpc) is 3.61. The van der Waals surface area contributed by atoms with Crippen LogP contribution in [0.3, 0.4) is 0 Å². The Hall–Kier alpha value is -4.26. The van der Waals surface area contributed by atoms with E-state index in [1.165, 1.54) is 17.7 Å². The van der Waals surface area contributed by atoms with Crippen molar-refractivity contribution in [3.8, 4) is 11.5 Å². The number of nitrogens with one attached hydrogen (secondary N) is 1. The maximum absolute atomic E-state index is 13.6. The fourth-order valence-electron chi connectivity index (χ4n) is 4.66. The van der Waals surface area contributed by atoms with Crippen LogP contribution in [0.4, 0.5) is 17.1 Å². The van der Waals surface area contributed by atoms with Crippen molar-refractivity contribution in [2.24, 2.45) is 0 Å². The summed E-state index contributed by atoms with van der Waals surface area (Å²) in [6.07, 6.45) is 2.37. The highest BCUT2D eigenvalue weighted by molar-refractivity contribution is 6.46. The molecule has 3 aromatic rings. The molecule has 1 fully saturated rings. The van der Waals surface area contributed by atoms with Crippen molar-refractivity contribution in [3.05, 3.63) is 84.1 Å². The fraction of sp³-hybridized carbons (Fsp3) is 0.185. The zero-order valence-electron chi connectivity index (χ0n) is 18.5. The first-order valence-corrected chi connectivity index (χ1v) is 11.4. The smallest absolute Gasteiger partial charge is 0.282 e. The van der Waals surface area contributed by atoms with Gasteiger partial charge in [0.1, 0.15) is 5.70 Å². The van der Waals surface area contributed by atoms with Crippen LogP contribution in [0.1, 0.15) is 18.4 Å². The number of amides is 2. The van der Waals surface area contributed by atoms with Gasteiger partial charge in [0.15, 0.2) is 11.5 Å². The zero-order valence-corrected chi connectivity index (χ0v) is 18.5. The molecular formula is C27H23N3O4. The quantitative estimate of drug-likeness (QED) is 0.577. The molecule has 1 N–H and O–H groups in total. The Kier molecular flexibility index (Phi) is 4.95. The number of hydrogen-bond donors (Lipinski definition) is 1. The highest BCUT2D eigenvalue weighted by Gasteiger charge is 2.40. The molecule has 3 heterocycles. The van der Waals surface area contributed by atoms with Crippen LogP contribution in [-0.4, -0.2) is 31.7 Å². The topological polar surface area (TPSA) is 71.1 Å². The molecule has 7 nitrogen and oxygen atoms in total. The van der Waals surface area contributed by atoms with Gasteiger partial charge in [-0.2, -0.15) is 0 Å². The van der Waals surface area contributed by atoms with E-state index < -0.39 is 5.91 Å². The second-order valence-electron chi connectivity index (χ2n) is 8.47. The molecule has 1 saturated heterocycles. The summed E-state index contributed by atoms with van der Waals surface area (Å²) in [5, 5.41) is 3.18. The van der Waals surface area contributed by atoms with Gasteiger partial charge >= 0.3 is 0 Å². The van der Waals surface area contributed by atoms with E-state index in [1.807, 2.05) is 54.6 Å². The van der Waals surface area contributed by atoms with Crippen molar-refractivity contribution in [1.82, 2.24) is 0 Å². The summed E-state index contributed by atoms with van der Waals surface area (Å²) in [6, 6.07) is 22.2. The lowest BCUT2D eigenvalue weighted by molar-refractivity contribution is -0.120. The van der Waals surface area contributed by atoms with Crippen molar-refractivity contribution in [1.29, 1.82) is 0 Å². The number of carbonyl (C=O) groups is 2. The average molecular weight is 453 g/mol. The Balaban J connectivity index is 1.36. The van der Waals surface area contributed by atoms with E-state index in [-0.39, 0.29) is 18.4 Å². The van der Waals surface area contributed by atoms with Crippen LogP contribution < -0.4 is 24.6 Å². The normalized spacial score (nSPS) is 17.2. The maximum atomic E-state index is 13.6. The summed E-state index contributed by atoms with van der Waals surface area (Å²) in [7, 11) is 0. The van der Waals surface area contributed by atoms with Gasteiger partial charge in [-0.25, -0.2) is 4.90 Å². The van der Waals surface area contributed by atoms with E-state index in [1.54, 1.807) is 18.2 Å². The number of anilines is 3. The van der Waals surface area contributed by atoms with Crippen LogP contribution >= 0.6 is 0 Å². The maximum Gasteiger partial charge on any atom is 0.282 e. The first-order chi connectivity index (χ1) is 16.7. The fourth-order valence-corrected chi connectivity index (χ4v) is 4.66. The molecule has 7 heteroatoms. The molecule has 0 bridgehead atoms. The van der Waals surface area contributed by atoms with Crippen LogP contribution in [0.15, 0.2) is 78.5 Å². The van der Waals surface area contributed by atoms with Gasteiger partial charge in [0.2, 0.25) is 6.79 Å². The van der Waals surface area contributed by atoms with E-state index >= 15 is 0 Å². The summed E-state index contributed by atoms with van der Waals surface area (Å²) in [5.41, 5.74) is 3.55. The molecule has 0 aliphatic carbocycles. The van der Waals surface area contributed by atoms with Gasteiger partial charge in [0.25, 0.3) is 11.8 Å². The molecule has 34 heavy (non-hydrogen) atoms. The number of fused-ring (bicyclic) bond motifs is 1. The van der Waals surface area contributed by atoms with Gasteiger partial charge in [-0.3, -0.25) is 9.59 Å². The Morgan fingerprint density at radius 3 is 2.21 bits per heavy atom. The number of nitrogens with zero attached hydrogens (tertiary/aromatic N) is 2. The SMILES string of the molecule is O=C1C(Nc2ccc3c(c2)OCO3)=C(c2ccccc2)C(=O)N1c1ccc(N2CCCC2)cc1. The van der Waals surface area contributed by atoms with Gasteiger partial charge < -0.3 is 19.7 Å². The first kappa shape index (κ1) is 20.4. The molecule has 3 aliphatic rings. The van der Waals surface area contributed by atoms with Crippen molar-refractivity contribution in [2.45, 2.75) is 12.8 Å². The Morgan fingerprint density at radius 2 is 1.44 bits per heavy atom. The molecule has 170 valence electrons. The lowest BCUT2D eigenvalue weighted by Gasteiger charge is -2.20. The number of ether oxygens (including phenoxy) is 2. The second-order valence-corrected chi connectivity index (χ2v) is 8.47. The highest BCUT2D eigenvalue weighted by atomic mass is 16.7. The van der Waals surface area contributed by atoms with E-state index in [0.717, 1.165) is 18.8 Å². The van der Waals surface area contributed by atoms with Gasteiger partial charge in [0, 0.05) is 30.5 Å². The predicted molar refractivity (Wildman–Crippen MR) is 130 cm³/mol. The summed E-state index contributed by atoms with van der Waals surface area (Å²) in [6.45, 7) is 2.23. The summed E-state index contributed by atoms with van der Waals surface area (Å²) in [4.78, 5) is 30.8. The number of imide groups is 1. The largest absolute Gasteiger partial charge is 0.454 e. The lowest BCUT2D eigenvalue weighted by Crippen LogP contribution is -2.32. The van der Waals surface area contributed by atoms with Crippen LogP contribution in [0.5, 0.6) is 11.5 Å². The van der Waals surface area contributed by atoms with Gasteiger partial charge in [-0.1, -0.05) is 30.3 Å². The van der Waals surface area contributed by atoms with Gasteiger partial charge in [0.05, 0.1) is 11.3 Å². The summed E-state index contributed by atoms with van der Waals surface area (Å²) in [5.74, 6) is 0.498. The highest BCUT2D eigenvalue weighted by Crippen LogP contribution is 2.38. The third-order valence-electron chi connectivity index (χ3n) is 6.37. The van der Waals surface area contributed by atoms with E-state index in [0.29, 0.717) is 34.0 Å². The minimum atomic E-state index is -0.393. The first-order valence-electron chi connectivity index (χ1n) is 11.4. The van der Waals surface area contributed by atoms with Crippen LogP contribution in [0.25, 0.3) is 5.57 Å². The number of hydrogen-bond acceptors (Lipinski definition) is 6. The Morgan fingerprint density at radius 1 is 0.735 bits per heavy atom. The minimum absolute atomic E-state index is 0.162. The molecule has 6 rings (SSSR count). The molecule has 0 radical (unpaired) electrons. The van der Waals surface area contributed by atoms with Crippen molar-refractivity contribution >= 4 is 34.4 Å². The Bertz CT molecular complexity index is 1300. The van der Waals surface area contributed by atoms with Crippen LogP contribution in [0.2, 0.25) is 0 Å². The number of benzene rings is 3. The third-order valence-corrected chi connectivity index (χ3v) is 6.37. The Labute approximate surface area is 197 Å². The minimum Gasteiger partial charge on any atom is -0.454 e. The summed E-state index contributed by atoms with van der Waals surface area (Å²) < 4.78 is 10.8. The van der Waals surface area contributed by atoms with Crippen LogP contribution in [-0.2, 0) is 9.59 Å². The van der Waals surface area contributed by atoms with Crippen molar-refractivity contribution < 1.29 is 19.1 Å².